The second-order valence-electron chi connectivity index (χ2n) is 5.68. The number of nitrogens with two attached hydrogens (primary N) is 1. The minimum atomic E-state index is -1.18. The Morgan fingerprint density at radius 3 is 2.50 bits per heavy atom. The summed E-state index contributed by atoms with van der Waals surface area (Å²) in [5.74, 6) is -3.10. The van der Waals surface area contributed by atoms with Crippen LogP contribution in [0.3, 0.4) is 0 Å². The van der Waals surface area contributed by atoms with E-state index in [1.807, 2.05) is 0 Å². The van der Waals surface area contributed by atoms with Crippen LogP contribution in [0.15, 0.2) is 30.3 Å². The summed E-state index contributed by atoms with van der Waals surface area (Å²) in [6.45, 7) is 0.304. The topological polar surface area (TPSA) is 64.4 Å². The number of primary amides is 1. The third-order valence-corrected chi connectivity index (χ3v) is 4.44. The maximum absolute atomic E-state index is 14.5. The summed E-state index contributed by atoms with van der Waals surface area (Å²) >= 11 is 2.13. The number of halogens is 3. The summed E-state index contributed by atoms with van der Waals surface area (Å²) in [7, 11) is 0. The lowest BCUT2D eigenvalue weighted by atomic mass is 10.1. The number of hydrogen-bond acceptors (Lipinski definition) is 3. The van der Waals surface area contributed by atoms with Gasteiger partial charge >= 0.3 is 0 Å². The molecule has 0 heterocycles. The molecule has 0 atom stereocenters. The van der Waals surface area contributed by atoms with Gasteiger partial charge in [-0.2, -0.15) is 4.39 Å². The summed E-state index contributed by atoms with van der Waals surface area (Å²) < 4.78 is 35.0. The normalized spacial score (nSPS) is 13.6. The van der Waals surface area contributed by atoms with Crippen molar-refractivity contribution in [3.05, 3.63) is 51.1 Å². The molecule has 1 aliphatic carbocycles. The van der Waals surface area contributed by atoms with E-state index in [1.54, 1.807) is 24.3 Å². The molecule has 0 aliphatic heterocycles. The first-order valence-corrected chi connectivity index (χ1v) is 8.50. The first kappa shape index (κ1) is 16.9. The number of nitrogens with one attached hydrogen (secondary N) is 1. The molecule has 7 heteroatoms. The van der Waals surface area contributed by atoms with Crippen molar-refractivity contribution in [3.63, 3.8) is 0 Å². The number of amides is 1. The number of ether oxygens (including phenoxy) is 1. The van der Waals surface area contributed by atoms with Crippen LogP contribution in [0.2, 0.25) is 0 Å². The third kappa shape index (κ3) is 3.77. The molecule has 3 N–H and O–H groups in total. The highest BCUT2D eigenvalue weighted by Gasteiger charge is 2.26. The molecule has 0 aromatic heterocycles. The number of hydrogen-bond donors (Lipinski definition) is 2. The molecule has 0 unspecified atom stereocenters. The van der Waals surface area contributed by atoms with Gasteiger partial charge in [-0.15, -0.1) is 0 Å². The Kier molecular flexibility index (Phi) is 4.88. The average molecular weight is 444 g/mol. The van der Waals surface area contributed by atoms with Crippen molar-refractivity contribution in [2.75, 3.05) is 11.9 Å². The van der Waals surface area contributed by atoms with E-state index in [1.165, 1.54) is 0 Å². The van der Waals surface area contributed by atoms with E-state index in [0.717, 1.165) is 22.5 Å². The molecule has 0 bridgehead atoms. The van der Waals surface area contributed by atoms with Crippen molar-refractivity contribution in [3.8, 4) is 5.75 Å². The Balaban J connectivity index is 1.95. The molecule has 0 radical (unpaired) electrons. The second kappa shape index (κ2) is 6.92. The van der Waals surface area contributed by atoms with Crippen LogP contribution in [0.5, 0.6) is 5.75 Å². The van der Waals surface area contributed by atoms with Gasteiger partial charge in [-0.05, 0) is 71.7 Å². The fourth-order valence-electron chi connectivity index (χ4n) is 2.19. The molecule has 1 amide bonds. The summed E-state index contributed by atoms with van der Waals surface area (Å²) in [6, 6.07) is 8.14. The molecule has 126 valence electrons. The minimum absolute atomic E-state index is 0.154. The molecule has 1 fully saturated rings. The smallest absolute Gasteiger partial charge is 0.251 e. The van der Waals surface area contributed by atoms with Crippen molar-refractivity contribution in [2.24, 2.45) is 11.7 Å². The van der Waals surface area contributed by atoms with Crippen LogP contribution in [0.4, 0.5) is 20.2 Å². The second-order valence-corrected chi connectivity index (χ2v) is 6.92. The summed E-state index contributed by atoms with van der Waals surface area (Å²) in [5, 5.41) is 2.72. The van der Waals surface area contributed by atoms with Gasteiger partial charge in [0.2, 0.25) is 5.82 Å². The predicted molar refractivity (Wildman–Crippen MR) is 95.5 cm³/mol. The Morgan fingerprint density at radius 1 is 1.25 bits per heavy atom. The number of benzene rings is 2. The zero-order valence-corrected chi connectivity index (χ0v) is 14.8. The molecule has 3 rings (SSSR count). The highest BCUT2D eigenvalue weighted by atomic mass is 127. The first-order valence-electron chi connectivity index (χ1n) is 7.43. The molecule has 1 aliphatic rings. The van der Waals surface area contributed by atoms with Crippen LogP contribution in [-0.4, -0.2) is 12.5 Å². The van der Waals surface area contributed by atoms with Crippen LogP contribution in [0.25, 0.3) is 0 Å². The number of carbonyl (C=O) groups is 1. The highest BCUT2D eigenvalue weighted by Crippen LogP contribution is 2.34. The fraction of sp³-hybridized carbons (Fsp3) is 0.235. The maximum atomic E-state index is 14.5. The van der Waals surface area contributed by atoms with Crippen LogP contribution in [0, 0.1) is 21.1 Å². The van der Waals surface area contributed by atoms with Gasteiger partial charge in [0.15, 0.2) is 11.6 Å². The van der Waals surface area contributed by atoms with Crippen LogP contribution in [0.1, 0.15) is 23.2 Å². The Labute approximate surface area is 151 Å². The van der Waals surface area contributed by atoms with Crippen LogP contribution >= 0.6 is 22.6 Å². The van der Waals surface area contributed by atoms with Gasteiger partial charge in [0.1, 0.15) is 0 Å². The van der Waals surface area contributed by atoms with Gasteiger partial charge in [0.25, 0.3) is 5.91 Å². The fourth-order valence-corrected chi connectivity index (χ4v) is 2.55. The molecule has 2 aromatic rings. The zero-order chi connectivity index (χ0) is 17.3. The summed E-state index contributed by atoms with van der Waals surface area (Å²) in [6.07, 6.45) is 2.03. The van der Waals surface area contributed by atoms with Gasteiger partial charge in [-0.3, -0.25) is 4.79 Å². The van der Waals surface area contributed by atoms with E-state index in [-0.39, 0.29) is 17.0 Å². The SMILES string of the molecule is NC(=O)c1cc(OCC2CC2)c(F)c(F)c1Nc1ccc(I)cc1. The van der Waals surface area contributed by atoms with E-state index in [9.17, 15) is 13.6 Å². The molecular weight excluding hydrogens is 429 g/mol. The lowest BCUT2D eigenvalue weighted by Gasteiger charge is -2.15. The largest absolute Gasteiger partial charge is 0.490 e. The molecule has 0 saturated heterocycles. The van der Waals surface area contributed by atoms with Crippen molar-refractivity contribution in [2.45, 2.75) is 12.8 Å². The summed E-state index contributed by atoms with van der Waals surface area (Å²) in [5.41, 5.74) is 5.39. The zero-order valence-electron chi connectivity index (χ0n) is 12.6. The van der Waals surface area contributed by atoms with Gasteiger partial charge in [0, 0.05) is 9.26 Å². The Bertz CT molecular complexity index is 777. The van der Waals surface area contributed by atoms with Gasteiger partial charge in [0.05, 0.1) is 17.9 Å². The minimum Gasteiger partial charge on any atom is -0.490 e. The molecule has 1 saturated carbocycles. The third-order valence-electron chi connectivity index (χ3n) is 3.72. The van der Waals surface area contributed by atoms with E-state index in [2.05, 4.69) is 27.9 Å². The number of rotatable bonds is 6. The quantitative estimate of drug-likeness (QED) is 0.657. The van der Waals surface area contributed by atoms with Crippen molar-refractivity contribution >= 4 is 39.9 Å². The maximum Gasteiger partial charge on any atom is 0.251 e. The molecule has 24 heavy (non-hydrogen) atoms. The van der Waals surface area contributed by atoms with Crippen molar-refractivity contribution < 1.29 is 18.3 Å². The highest BCUT2D eigenvalue weighted by molar-refractivity contribution is 14.1. The van der Waals surface area contributed by atoms with Crippen molar-refractivity contribution in [1.82, 2.24) is 0 Å². The van der Waals surface area contributed by atoms with Gasteiger partial charge in [-0.1, -0.05) is 0 Å². The molecule has 0 spiro atoms. The lowest BCUT2D eigenvalue weighted by Crippen LogP contribution is -2.16. The van der Waals surface area contributed by atoms with Crippen molar-refractivity contribution in [1.29, 1.82) is 0 Å². The Hall–Kier alpha value is -1.90. The standard InChI is InChI=1S/C17H15F2IN2O2/c18-14-13(24-8-9-1-2-9)7-12(17(21)23)16(15(14)19)22-11-5-3-10(20)4-6-11/h3-7,9,22H,1-2,8H2,(H2,21,23). The first-order chi connectivity index (χ1) is 11.5. The van der Waals surface area contributed by atoms with Crippen LogP contribution in [-0.2, 0) is 0 Å². The van der Waals surface area contributed by atoms with Gasteiger partial charge in [-0.25, -0.2) is 4.39 Å². The van der Waals surface area contributed by atoms with E-state index < -0.39 is 17.5 Å². The Morgan fingerprint density at radius 2 is 1.92 bits per heavy atom. The summed E-state index contributed by atoms with van der Waals surface area (Å²) in [4.78, 5) is 11.7. The lowest BCUT2D eigenvalue weighted by molar-refractivity contribution is 0.1000. The van der Waals surface area contributed by atoms with E-state index >= 15 is 0 Å². The van der Waals surface area contributed by atoms with Crippen LogP contribution < -0.4 is 15.8 Å². The van der Waals surface area contributed by atoms with Gasteiger partial charge < -0.3 is 15.8 Å². The average Bonchev–Trinajstić information content (AvgIpc) is 3.37. The molecule has 4 nitrogen and oxygen atoms in total. The van der Waals surface area contributed by atoms with E-state index in [0.29, 0.717) is 18.2 Å². The molecular formula is C17H15F2IN2O2. The number of carbonyl (C=O) groups excluding carboxylic acids is 1. The number of anilines is 2. The monoisotopic (exact) mass is 444 g/mol. The predicted octanol–water partition coefficient (Wildman–Crippen LogP) is 4.20. The molecule has 2 aromatic carbocycles. The van der Waals surface area contributed by atoms with E-state index in [4.69, 9.17) is 10.5 Å².